The Labute approximate surface area is 321 Å². The third kappa shape index (κ3) is 10.3. The maximum Gasteiger partial charge on any atom is 0.339 e. The highest BCUT2D eigenvalue weighted by Crippen LogP contribution is 2.38. The van der Waals surface area contributed by atoms with Crippen molar-refractivity contribution in [3.8, 4) is 34.0 Å². The molecule has 1 aliphatic rings. The van der Waals surface area contributed by atoms with Gasteiger partial charge in [0.05, 0.1) is 36.2 Å². The molecule has 0 amide bonds. The highest BCUT2D eigenvalue weighted by molar-refractivity contribution is 6.32. The van der Waals surface area contributed by atoms with Gasteiger partial charge in [-0.1, -0.05) is 69.6 Å². The summed E-state index contributed by atoms with van der Waals surface area (Å²) >= 11 is 5.84. The maximum absolute atomic E-state index is 14.3. The largest absolute Gasteiger partial charge is 0.493 e. The van der Waals surface area contributed by atoms with Gasteiger partial charge >= 0.3 is 11.9 Å². The second-order valence-corrected chi connectivity index (χ2v) is 14.1. The van der Waals surface area contributed by atoms with Crippen LogP contribution < -0.4 is 14.4 Å². The second kappa shape index (κ2) is 18.0. The minimum atomic E-state index is -1.16. The molecule has 1 fully saturated rings. The maximum atomic E-state index is 14.3. The minimum Gasteiger partial charge on any atom is -0.493 e. The monoisotopic (exact) mass is 761 g/mol. The van der Waals surface area contributed by atoms with Crippen molar-refractivity contribution in [1.82, 2.24) is 9.97 Å². The molecule has 1 atom stereocenters. The summed E-state index contributed by atoms with van der Waals surface area (Å²) in [7, 11) is 0. The van der Waals surface area contributed by atoms with Crippen molar-refractivity contribution in [2.24, 2.45) is 11.8 Å². The number of aromatic carboxylic acids is 2. The average Bonchev–Trinajstić information content (AvgIpc) is 3.63. The molecule has 9 nitrogen and oxygen atoms in total. The summed E-state index contributed by atoms with van der Waals surface area (Å²) in [6.45, 7) is 9.69. The molecule has 286 valence electrons. The number of carbonyl (C=O) groups is 2. The van der Waals surface area contributed by atoms with Crippen LogP contribution in [0.25, 0.3) is 22.5 Å². The van der Waals surface area contributed by atoms with E-state index in [0.29, 0.717) is 71.4 Å². The van der Waals surface area contributed by atoms with Gasteiger partial charge in [-0.05, 0) is 78.8 Å². The molecule has 0 spiro atoms. The van der Waals surface area contributed by atoms with Crippen LogP contribution in [-0.2, 0) is 0 Å². The van der Waals surface area contributed by atoms with E-state index in [2.05, 4.69) is 22.0 Å². The van der Waals surface area contributed by atoms with E-state index in [1.54, 1.807) is 24.3 Å². The van der Waals surface area contributed by atoms with Crippen molar-refractivity contribution in [3.63, 3.8) is 0 Å². The van der Waals surface area contributed by atoms with Gasteiger partial charge in [-0.3, -0.25) is 0 Å². The van der Waals surface area contributed by atoms with Crippen LogP contribution in [0, 0.1) is 23.5 Å². The molecule has 2 aromatic heterocycles. The second-order valence-electron chi connectivity index (χ2n) is 13.7. The first-order valence-corrected chi connectivity index (χ1v) is 18.0. The lowest BCUT2D eigenvalue weighted by atomic mass is 10.0. The Morgan fingerprint density at radius 3 is 1.80 bits per heavy atom. The van der Waals surface area contributed by atoms with E-state index in [9.17, 15) is 23.5 Å². The molecular formula is C42H46ClF2N3O6. The number of carboxylic acids is 2. The Hall–Kier alpha value is -5.55. The average molecular weight is 762 g/mol. The molecule has 54 heavy (non-hydrogen) atoms. The number of aromatic nitrogens is 2. The topological polar surface area (TPSA) is 122 Å². The Balaban J connectivity index is 0.000000310. The number of benzene rings is 3. The van der Waals surface area contributed by atoms with E-state index in [1.165, 1.54) is 36.4 Å². The van der Waals surface area contributed by atoms with Crippen molar-refractivity contribution < 1.29 is 40.9 Å². The lowest BCUT2D eigenvalue weighted by molar-refractivity contribution is 0.0686. The number of anilines is 1. The fourth-order valence-corrected chi connectivity index (χ4v) is 6.14. The van der Waals surface area contributed by atoms with Gasteiger partial charge in [0.15, 0.2) is 0 Å². The molecule has 1 saturated heterocycles. The fraction of sp³-hybridized carbons (Fsp3) is 0.286. The third-order valence-corrected chi connectivity index (χ3v) is 8.68. The molecule has 6 rings (SSSR count). The zero-order chi connectivity index (χ0) is 38.9. The highest BCUT2D eigenvalue weighted by atomic mass is 35.5. The first-order valence-electron chi connectivity index (χ1n) is 17.6. The van der Waals surface area contributed by atoms with Crippen LogP contribution in [0.15, 0.2) is 91.0 Å². The molecule has 5 aromatic rings. The van der Waals surface area contributed by atoms with Gasteiger partial charge in [-0.15, -0.1) is 0 Å². The van der Waals surface area contributed by atoms with Crippen molar-refractivity contribution >= 4 is 29.4 Å². The van der Waals surface area contributed by atoms with Crippen LogP contribution in [0.5, 0.6) is 11.5 Å². The summed E-state index contributed by atoms with van der Waals surface area (Å²) in [6, 6.07) is 24.8. The van der Waals surface area contributed by atoms with E-state index >= 15 is 0 Å². The quantitative estimate of drug-likeness (QED) is 0.120. The van der Waals surface area contributed by atoms with E-state index in [1.807, 2.05) is 45.9 Å². The van der Waals surface area contributed by atoms with E-state index in [-0.39, 0.29) is 25.2 Å². The van der Waals surface area contributed by atoms with Gasteiger partial charge in [0.2, 0.25) is 0 Å². The van der Waals surface area contributed by atoms with Gasteiger partial charge in [-0.25, -0.2) is 28.3 Å². The first kappa shape index (κ1) is 39.7. The zero-order valence-electron chi connectivity index (χ0n) is 30.4. The van der Waals surface area contributed by atoms with Crippen molar-refractivity contribution in [2.45, 2.75) is 46.6 Å². The molecule has 3 heterocycles. The van der Waals surface area contributed by atoms with Gasteiger partial charge in [-0.2, -0.15) is 0 Å². The van der Waals surface area contributed by atoms with Crippen molar-refractivity contribution in [1.29, 1.82) is 0 Å². The summed E-state index contributed by atoms with van der Waals surface area (Å²) in [5.74, 6) is -1.21. The number of hydrogen-bond acceptors (Lipinski definition) is 7. The van der Waals surface area contributed by atoms with Gasteiger partial charge in [0, 0.05) is 32.7 Å². The molecule has 3 aromatic carbocycles. The number of ether oxygens (including phenoxy) is 2. The normalized spacial score (nSPS) is 13.8. The Morgan fingerprint density at radius 2 is 1.30 bits per heavy atom. The summed E-state index contributed by atoms with van der Waals surface area (Å²) < 4.78 is 39.2. The summed E-state index contributed by atoms with van der Waals surface area (Å²) in [5, 5.41) is 18.6. The number of nitrogens with zero attached hydrogens (tertiary/aromatic N) is 3. The molecule has 2 N–H and O–H groups in total. The molecular weight excluding hydrogens is 716 g/mol. The Morgan fingerprint density at radius 1 is 0.778 bits per heavy atom. The molecule has 1 unspecified atom stereocenters. The van der Waals surface area contributed by atoms with Gasteiger partial charge in [0.1, 0.15) is 39.7 Å². The number of rotatable bonds is 12. The van der Waals surface area contributed by atoms with Crippen molar-refractivity contribution in [3.05, 3.63) is 124 Å². The summed E-state index contributed by atoms with van der Waals surface area (Å²) in [6.07, 6.45) is 1.86. The summed E-state index contributed by atoms with van der Waals surface area (Å²) in [4.78, 5) is 33.7. The zero-order valence-corrected chi connectivity index (χ0v) is 31.2. The molecule has 0 saturated carbocycles. The summed E-state index contributed by atoms with van der Waals surface area (Å²) in [5.41, 5.74) is 3.09. The van der Waals surface area contributed by atoms with E-state index in [0.717, 1.165) is 18.4 Å². The van der Waals surface area contributed by atoms with E-state index in [4.69, 9.17) is 31.2 Å². The Kier molecular flexibility index (Phi) is 13.2. The number of halogens is 3. The first-order chi connectivity index (χ1) is 25.8. The minimum absolute atomic E-state index is 0. The Bertz CT molecular complexity index is 2110. The molecule has 0 aliphatic carbocycles. The number of hydrogen-bond donors (Lipinski definition) is 2. The van der Waals surface area contributed by atoms with Crippen molar-refractivity contribution in [2.75, 3.05) is 24.7 Å². The van der Waals surface area contributed by atoms with Crippen LogP contribution in [-0.4, -0.2) is 51.9 Å². The molecule has 0 radical (unpaired) electrons. The lowest BCUT2D eigenvalue weighted by Crippen LogP contribution is -2.26. The SMILES string of the molecule is CC(C)COc1cc(F)cc(-c2ccc(C(=O)O)c(Cl)n2)c1.CC(C)COc1cc(F)cc(-c2ccc(C(=O)O)c(N3CCCC3c3ccccc3)n2)c1.[HH].[HH]. The van der Waals surface area contributed by atoms with Gasteiger partial charge < -0.3 is 24.6 Å². The predicted molar refractivity (Wildman–Crippen MR) is 209 cm³/mol. The van der Waals surface area contributed by atoms with E-state index < -0.39 is 23.6 Å². The molecule has 0 bridgehead atoms. The van der Waals surface area contributed by atoms with Crippen LogP contribution in [0.3, 0.4) is 0 Å². The molecule has 12 heteroatoms. The molecule has 1 aliphatic heterocycles. The smallest absolute Gasteiger partial charge is 0.339 e. The van der Waals surface area contributed by atoms with Gasteiger partial charge in [0.25, 0.3) is 0 Å². The lowest BCUT2D eigenvalue weighted by Gasteiger charge is -2.27. The van der Waals surface area contributed by atoms with Crippen LogP contribution >= 0.6 is 11.6 Å². The highest BCUT2D eigenvalue weighted by Gasteiger charge is 2.30. The third-order valence-electron chi connectivity index (χ3n) is 8.39. The van der Waals surface area contributed by atoms with Crippen LogP contribution in [0.1, 0.15) is 75.7 Å². The number of carboxylic acid groups (broad SMARTS) is 2. The number of pyridine rings is 2. The van der Waals surface area contributed by atoms with Crippen LogP contribution in [0.2, 0.25) is 5.15 Å². The standard InChI is InChI=1S/C26H27FN2O3.C16H15ClFNO3.2H2/c1-17(2)16-32-21-14-19(13-20(27)15-21)23-11-10-22(26(30)31)25(28-23)29-12-6-9-24(29)18-7-4-3-5-8-18;1-9(2)8-22-12-6-10(5-11(18)7-12)14-4-3-13(16(20)21)15(17)19-14;;/h3-5,7-8,10-11,13-15,17,24H,6,9,12,16H2,1-2H3,(H,30,31);3-7,9H,8H2,1-2H3,(H,20,21);2*1H. The predicted octanol–water partition coefficient (Wildman–Crippen LogP) is 10.7. The fourth-order valence-electron chi connectivity index (χ4n) is 5.91. The van der Waals surface area contributed by atoms with Crippen LogP contribution in [0.4, 0.5) is 14.6 Å².